The molecule has 0 saturated carbocycles. The molecule has 7 heteroatoms. The van der Waals surface area contributed by atoms with Gasteiger partial charge in [0, 0.05) is 39.0 Å². The Morgan fingerprint density at radius 3 is 2.40 bits per heavy atom. The number of carbonyl (C=O) groups is 2. The number of carbonyl (C=O) groups excluding carboxylic acids is 2. The lowest BCUT2D eigenvalue weighted by Crippen LogP contribution is -2.46. The highest BCUT2D eigenvalue weighted by Gasteiger charge is 2.26. The van der Waals surface area contributed by atoms with Gasteiger partial charge in [0.1, 0.15) is 5.71 Å². The van der Waals surface area contributed by atoms with Gasteiger partial charge < -0.3 is 15.1 Å². The normalized spacial score (nSPS) is 17.6. The second-order valence-electron chi connectivity index (χ2n) is 7.48. The van der Waals surface area contributed by atoms with Crippen molar-refractivity contribution in [3.8, 4) is 0 Å². The fourth-order valence-electron chi connectivity index (χ4n) is 3.84. The van der Waals surface area contributed by atoms with Crippen molar-refractivity contribution in [2.75, 3.05) is 47.9 Å². The number of hydrogen-bond acceptors (Lipinski definition) is 5. The van der Waals surface area contributed by atoms with Crippen LogP contribution in [0.25, 0.3) is 0 Å². The predicted octanol–water partition coefficient (Wildman–Crippen LogP) is 2.95. The minimum Gasteiger partial charge on any atom is -0.367 e. The average Bonchev–Trinajstić information content (AvgIpc) is 2.80. The maximum atomic E-state index is 13.0. The summed E-state index contributed by atoms with van der Waals surface area (Å²) in [7, 11) is 0. The molecule has 0 spiro atoms. The zero-order valence-corrected chi connectivity index (χ0v) is 17.3. The fourth-order valence-corrected chi connectivity index (χ4v) is 3.84. The molecule has 2 amide bonds. The molecule has 0 bridgehead atoms. The molecule has 2 aliphatic rings. The third kappa shape index (κ3) is 4.36. The minimum atomic E-state index is -0.261. The largest absolute Gasteiger partial charge is 0.367 e. The number of anilines is 3. The summed E-state index contributed by atoms with van der Waals surface area (Å²) in [6, 6.07) is 17.1. The molecular formula is C23H27N5O2. The van der Waals surface area contributed by atoms with Gasteiger partial charge in [-0.05, 0) is 30.8 Å². The van der Waals surface area contributed by atoms with E-state index in [-0.39, 0.29) is 18.2 Å². The number of para-hydroxylation sites is 3. The molecule has 0 aliphatic carbocycles. The van der Waals surface area contributed by atoms with Gasteiger partial charge in [0.05, 0.1) is 17.1 Å². The monoisotopic (exact) mass is 405 g/mol. The number of benzene rings is 2. The number of piperazine rings is 1. The van der Waals surface area contributed by atoms with Crippen LogP contribution in [0.5, 0.6) is 0 Å². The van der Waals surface area contributed by atoms with E-state index in [0.717, 1.165) is 44.1 Å². The van der Waals surface area contributed by atoms with E-state index < -0.39 is 0 Å². The van der Waals surface area contributed by atoms with Crippen LogP contribution in [0.2, 0.25) is 0 Å². The molecule has 2 heterocycles. The summed E-state index contributed by atoms with van der Waals surface area (Å²) in [5.41, 5.74) is 2.83. The van der Waals surface area contributed by atoms with Crippen LogP contribution in [-0.2, 0) is 9.59 Å². The molecule has 1 fully saturated rings. The van der Waals surface area contributed by atoms with Gasteiger partial charge in [-0.25, -0.2) is 5.01 Å². The maximum Gasteiger partial charge on any atom is 0.271 e. The Morgan fingerprint density at radius 2 is 1.67 bits per heavy atom. The van der Waals surface area contributed by atoms with Crippen LogP contribution in [0, 0.1) is 0 Å². The van der Waals surface area contributed by atoms with E-state index in [1.807, 2.05) is 54.6 Å². The Morgan fingerprint density at radius 1 is 0.967 bits per heavy atom. The summed E-state index contributed by atoms with van der Waals surface area (Å²) in [5, 5.41) is 8.71. The van der Waals surface area contributed by atoms with Crippen LogP contribution >= 0.6 is 0 Å². The second-order valence-corrected chi connectivity index (χ2v) is 7.48. The number of amides is 2. The van der Waals surface area contributed by atoms with Crippen molar-refractivity contribution < 1.29 is 9.59 Å². The summed E-state index contributed by atoms with van der Waals surface area (Å²) < 4.78 is 0. The molecule has 2 aliphatic heterocycles. The van der Waals surface area contributed by atoms with E-state index in [0.29, 0.717) is 17.8 Å². The lowest BCUT2D eigenvalue weighted by atomic mass is 10.1. The zero-order valence-electron chi connectivity index (χ0n) is 17.3. The van der Waals surface area contributed by atoms with E-state index in [2.05, 4.69) is 27.1 Å². The van der Waals surface area contributed by atoms with Gasteiger partial charge >= 0.3 is 0 Å². The molecule has 1 saturated heterocycles. The predicted molar refractivity (Wildman–Crippen MR) is 120 cm³/mol. The highest BCUT2D eigenvalue weighted by atomic mass is 16.2. The quantitative estimate of drug-likeness (QED) is 0.831. The fraction of sp³-hybridized carbons (Fsp3) is 0.348. The van der Waals surface area contributed by atoms with Crippen molar-refractivity contribution in [2.24, 2.45) is 5.10 Å². The van der Waals surface area contributed by atoms with Crippen LogP contribution in [0.3, 0.4) is 0 Å². The van der Waals surface area contributed by atoms with E-state index in [9.17, 15) is 9.59 Å². The molecule has 30 heavy (non-hydrogen) atoms. The molecule has 2 aromatic rings. The Kier molecular flexibility index (Phi) is 6.09. The Labute approximate surface area is 177 Å². The zero-order chi connectivity index (χ0) is 20.9. The molecule has 4 rings (SSSR count). The van der Waals surface area contributed by atoms with Crippen molar-refractivity contribution in [2.45, 2.75) is 19.8 Å². The molecule has 0 radical (unpaired) electrons. The third-order valence-corrected chi connectivity index (χ3v) is 5.61. The molecular weight excluding hydrogens is 378 g/mol. The van der Waals surface area contributed by atoms with Crippen LogP contribution in [0.4, 0.5) is 17.1 Å². The van der Waals surface area contributed by atoms with E-state index in [1.54, 1.807) is 0 Å². The van der Waals surface area contributed by atoms with Gasteiger partial charge in [-0.15, -0.1) is 0 Å². The maximum absolute atomic E-state index is 13.0. The smallest absolute Gasteiger partial charge is 0.271 e. The SMILES string of the molecule is CCN1CCN(c2ccccc2NC(=O)C2=NN(c3ccccc3)C(=O)CC2)CC1. The number of nitrogens with zero attached hydrogens (tertiary/aromatic N) is 4. The first kappa shape index (κ1) is 20.1. The van der Waals surface area contributed by atoms with Crippen molar-refractivity contribution >= 4 is 34.6 Å². The molecule has 156 valence electrons. The Bertz CT molecular complexity index is 936. The number of rotatable bonds is 5. The highest BCUT2D eigenvalue weighted by molar-refractivity contribution is 6.44. The Balaban J connectivity index is 1.51. The van der Waals surface area contributed by atoms with Crippen LogP contribution in [0.1, 0.15) is 19.8 Å². The van der Waals surface area contributed by atoms with E-state index in [1.165, 1.54) is 5.01 Å². The van der Waals surface area contributed by atoms with Crippen molar-refractivity contribution in [1.29, 1.82) is 0 Å². The molecule has 0 aromatic heterocycles. The van der Waals surface area contributed by atoms with Crippen molar-refractivity contribution in [3.63, 3.8) is 0 Å². The third-order valence-electron chi connectivity index (χ3n) is 5.61. The minimum absolute atomic E-state index is 0.105. The summed E-state index contributed by atoms with van der Waals surface area (Å²) in [6.07, 6.45) is 0.604. The number of hydrogen-bond donors (Lipinski definition) is 1. The summed E-state index contributed by atoms with van der Waals surface area (Å²) in [4.78, 5) is 30.0. The number of hydrazone groups is 1. The first-order valence-corrected chi connectivity index (χ1v) is 10.5. The van der Waals surface area contributed by atoms with Gasteiger partial charge in [0.15, 0.2) is 0 Å². The average molecular weight is 406 g/mol. The molecule has 1 N–H and O–H groups in total. The highest BCUT2D eigenvalue weighted by Crippen LogP contribution is 2.27. The summed E-state index contributed by atoms with van der Waals surface area (Å²) >= 11 is 0. The van der Waals surface area contributed by atoms with Crippen LogP contribution < -0.4 is 15.2 Å². The first-order valence-electron chi connectivity index (χ1n) is 10.5. The van der Waals surface area contributed by atoms with Crippen molar-refractivity contribution in [3.05, 3.63) is 54.6 Å². The van der Waals surface area contributed by atoms with Crippen LogP contribution in [-0.4, -0.2) is 55.1 Å². The number of likely N-dealkylation sites (N-methyl/N-ethyl adjacent to an activating group) is 1. The molecule has 7 nitrogen and oxygen atoms in total. The van der Waals surface area contributed by atoms with Gasteiger partial charge in [-0.2, -0.15) is 5.10 Å². The Hall–Kier alpha value is -3.19. The molecule has 0 atom stereocenters. The summed E-state index contributed by atoms with van der Waals surface area (Å²) in [5.74, 6) is -0.366. The standard InChI is InChI=1S/C23H27N5O2/c1-2-26-14-16-27(17-15-26)21-11-7-6-10-19(21)24-23(30)20-12-13-22(29)28(25-20)18-8-4-3-5-9-18/h3-11H,2,12-17H2,1H3,(H,24,30). The van der Waals surface area contributed by atoms with Gasteiger partial charge in [-0.3, -0.25) is 9.59 Å². The molecule has 0 unspecified atom stereocenters. The topological polar surface area (TPSA) is 68.2 Å². The van der Waals surface area contributed by atoms with Gasteiger partial charge in [0.25, 0.3) is 5.91 Å². The van der Waals surface area contributed by atoms with Gasteiger partial charge in [0.2, 0.25) is 5.91 Å². The van der Waals surface area contributed by atoms with Gasteiger partial charge in [-0.1, -0.05) is 37.3 Å². The molecule has 2 aromatic carbocycles. The van der Waals surface area contributed by atoms with Crippen LogP contribution in [0.15, 0.2) is 59.7 Å². The van der Waals surface area contributed by atoms with E-state index >= 15 is 0 Å². The number of nitrogens with one attached hydrogen (secondary N) is 1. The summed E-state index contributed by atoms with van der Waals surface area (Å²) in [6.45, 7) is 7.12. The second kappa shape index (κ2) is 9.09. The van der Waals surface area contributed by atoms with Crippen molar-refractivity contribution in [1.82, 2.24) is 4.90 Å². The first-order chi connectivity index (χ1) is 14.7. The lowest BCUT2D eigenvalue weighted by molar-refractivity contribution is -0.118. The van der Waals surface area contributed by atoms with E-state index in [4.69, 9.17) is 0 Å². The lowest BCUT2D eigenvalue weighted by Gasteiger charge is -2.36.